The van der Waals surface area contributed by atoms with E-state index >= 15 is 0 Å². The normalized spacial score (nSPS) is 13.2. The van der Waals surface area contributed by atoms with E-state index in [1.54, 1.807) is 26.0 Å². The van der Waals surface area contributed by atoms with Gasteiger partial charge >= 0.3 is 0 Å². The fourth-order valence-corrected chi connectivity index (χ4v) is 1.41. The molecule has 0 fully saturated rings. The van der Waals surface area contributed by atoms with Crippen LogP contribution in [0.1, 0.15) is 20.8 Å². The van der Waals surface area contributed by atoms with Gasteiger partial charge in [-0.25, -0.2) is 8.42 Å². The second kappa shape index (κ2) is 5.65. The summed E-state index contributed by atoms with van der Waals surface area (Å²) in [5, 5.41) is 0. The molecule has 0 amide bonds. The van der Waals surface area contributed by atoms with Crippen LogP contribution in [0.15, 0.2) is 36.1 Å². The summed E-state index contributed by atoms with van der Waals surface area (Å²) in [7, 11) is -3.14. The van der Waals surface area contributed by atoms with Gasteiger partial charge in [0.1, 0.15) is 0 Å². The zero-order valence-corrected chi connectivity index (χ0v) is 9.69. The van der Waals surface area contributed by atoms with Gasteiger partial charge in [0.15, 0.2) is 0 Å². The number of rotatable bonds is 5. The standard InChI is InChI=1S/C10H17NO2S/c1-5-14(12,13)11-10(4)8-6-7-9(2)3/h6-8,11H,2,5H2,1,3-4H3/b7-6-,10-8+. The first-order valence-electron chi connectivity index (χ1n) is 4.38. The lowest BCUT2D eigenvalue weighted by molar-refractivity contribution is 0.590. The zero-order chi connectivity index (χ0) is 11.2. The topological polar surface area (TPSA) is 46.2 Å². The Bertz CT molecular complexity index is 350. The molecule has 0 aliphatic rings. The van der Waals surface area contributed by atoms with Crippen molar-refractivity contribution in [2.24, 2.45) is 0 Å². The van der Waals surface area contributed by atoms with E-state index in [0.29, 0.717) is 5.70 Å². The van der Waals surface area contributed by atoms with Crippen LogP contribution in [0.4, 0.5) is 0 Å². The SMILES string of the molecule is C=C(C)/C=C\C=C(/C)NS(=O)(=O)CC. The Kier molecular flexibility index (Phi) is 5.23. The predicted octanol–water partition coefficient (Wildman–Crippen LogP) is 1.96. The molecule has 0 unspecified atom stereocenters. The molecule has 3 nitrogen and oxygen atoms in total. The summed E-state index contributed by atoms with van der Waals surface area (Å²) >= 11 is 0. The second-order valence-electron chi connectivity index (χ2n) is 3.06. The first-order valence-corrected chi connectivity index (χ1v) is 6.03. The highest BCUT2D eigenvalue weighted by Crippen LogP contribution is 1.95. The van der Waals surface area contributed by atoms with Gasteiger partial charge in [0.05, 0.1) is 5.75 Å². The van der Waals surface area contributed by atoms with E-state index in [2.05, 4.69) is 11.3 Å². The van der Waals surface area contributed by atoms with E-state index in [1.807, 2.05) is 13.0 Å². The minimum atomic E-state index is -3.14. The van der Waals surface area contributed by atoms with Crippen LogP contribution < -0.4 is 4.72 Å². The summed E-state index contributed by atoms with van der Waals surface area (Å²) in [6.07, 6.45) is 5.27. The zero-order valence-electron chi connectivity index (χ0n) is 8.87. The fraction of sp³-hybridized carbons (Fsp3) is 0.400. The van der Waals surface area contributed by atoms with Crippen molar-refractivity contribution >= 4 is 10.0 Å². The van der Waals surface area contributed by atoms with Crippen LogP contribution >= 0.6 is 0 Å². The molecule has 0 rings (SSSR count). The van der Waals surface area contributed by atoms with Crippen molar-refractivity contribution in [3.8, 4) is 0 Å². The number of nitrogens with one attached hydrogen (secondary N) is 1. The van der Waals surface area contributed by atoms with Gasteiger partial charge in [-0.05, 0) is 26.8 Å². The molecule has 0 aliphatic heterocycles. The maximum atomic E-state index is 11.1. The third-order valence-electron chi connectivity index (χ3n) is 1.42. The molecule has 0 atom stereocenters. The predicted molar refractivity (Wildman–Crippen MR) is 60.3 cm³/mol. The van der Waals surface area contributed by atoms with E-state index in [4.69, 9.17) is 0 Å². The van der Waals surface area contributed by atoms with Crippen molar-refractivity contribution in [1.82, 2.24) is 4.72 Å². The van der Waals surface area contributed by atoms with Crippen LogP contribution in [-0.4, -0.2) is 14.2 Å². The van der Waals surface area contributed by atoms with Crippen molar-refractivity contribution in [2.45, 2.75) is 20.8 Å². The summed E-state index contributed by atoms with van der Waals surface area (Å²) in [4.78, 5) is 0. The average Bonchev–Trinajstić information content (AvgIpc) is 2.02. The molecule has 0 aromatic heterocycles. The Morgan fingerprint density at radius 1 is 1.43 bits per heavy atom. The minimum Gasteiger partial charge on any atom is -0.288 e. The van der Waals surface area contributed by atoms with Crippen LogP contribution in [0, 0.1) is 0 Å². The molecule has 0 aromatic carbocycles. The molecular weight excluding hydrogens is 198 g/mol. The fourth-order valence-electron chi connectivity index (χ4n) is 0.708. The van der Waals surface area contributed by atoms with E-state index < -0.39 is 10.0 Å². The van der Waals surface area contributed by atoms with Gasteiger partial charge in [0.2, 0.25) is 10.0 Å². The Morgan fingerprint density at radius 2 is 2.00 bits per heavy atom. The first-order chi connectivity index (χ1) is 6.37. The molecule has 0 spiro atoms. The van der Waals surface area contributed by atoms with Crippen LogP contribution in [0.2, 0.25) is 0 Å². The number of hydrogen-bond donors (Lipinski definition) is 1. The summed E-state index contributed by atoms with van der Waals surface area (Å²) in [5.74, 6) is 0.0857. The van der Waals surface area contributed by atoms with Gasteiger partial charge in [-0.3, -0.25) is 4.72 Å². The molecule has 0 radical (unpaired) electrons. The molecule has 14 heavy (non-hydrogen) atoms. The van der Waals surface area contributed by atoms with Gasteiger partial charge in [-0.15, -0.1) is 0 Å². The third kappa shape index (κ3) is 6.48. The van der Waals surface area contributed by atoms with E-state index in [1.165, 1.54) is 0 Å². The quantitative estimate of drug-likeness (QED) is 0.713. The summed E-state index contributed by atoms with van der Waals surface area (Å²) in [6, 6.07) is 0. The highest BCUT2D eigenvalue weighted by atomic mass is 32.2. The molecule has 0 aliphatic carbocycles. The molecule has 0 aromatic rings. The maximum Gasteiger partial charge on any atom is 0.232 e. The summed E-state index contributed by atoms with van der Waals surface area (Å²) in [5.41, 5.74) is 1.52. The van der Waals surface area contributed by atoms with E-state index in [9.17, 15) is 8.42 Å². The highest BCUT2D eigenvalue weighted by molar-refractivity contribution is 7.89. The monoisotopic (exact) mass is 215 g/mol. The Hall–Kier alpha value is -1.03. The number of sulfonamides is 1. The molecule has 0 heterocycles. The Balaban J connectivity index is 4.36. The van der Waals surface area contributed by atoms with E-state index in [0.717, 1.165) is 5.57 Å². The molecule has 0 saturated heterocycles. The summed E-state index contributed by atoms with van der Waals surface area (Å²) < 4.78 is 24.7. The van der Waals surface area contributed by atoms with Crippen molar-refractivity contribution in [3.63, 3.8) is 0 Å². The average molecular weight is 215 g/mol. The molecule has 80 valence electrons. The van der Waals surface area contributed by atoms with Crippen LogP contribution in [-0.2, 0) is 10.0 Å². The molecule has 0 saturated carbocycles. The Labute approximate surface area is 86.3 Å². The number of hydrogen-bond acceptors (Lipinski definition) is 2. The van der Waals surface area contributed by atoms with Crippen LogP contribution in [0.25, 0.3) is 0 Å². The third-order valence-corrected chi connectivity index (χ3v) is 2.82. The first kappa shape index (κ1) is 13.0. The Morgan fingerprint density at radius 3 is 2.43 bits per heavy atom. The molecule has 1 N–H and O–H groups in total. The highest BCUT2D eigenvalue weighted by Gasteiger charge is 2.04. The minimum absolute atomic E-state index is 0.0857. The largest absolute Gasteiger partial charge is 0.288 e. The lowest BCUT2D eigenvalue weighted by Crippen LogP contribution is -2.23. The molecule has 0 bridgehead atoms. The summed E-state index contributed by atoms with van der Waals surface area (Å²) in [6.45, 7) is 8.86. The van der Waals surface area contributed by atoms with Crippen molar-refractivity contribution in [3.05, 3.63) is 36.1 Å². The second-order valence-corrected chi connectivity index (χ2v) is 5.07. The van der Waals surface area contributed by atoms with Crippen LogP contribution in [0.3, 0.4) is 0 Å². The molecular formula is C10H17NO2S. The van der Waals surface area contributed by atoms with Gasteiger partial charge in [0, 0.05) is 5.70 Å². The maximum absolute atomic E-state index is 11.1. The van der Waals surface area contributed by atoms with Crippen molar-refractivity contribution in [1.29, 1.82) is 0 Å². The lowest BCUT2D eigenvalue weighted by atomic mass is 10.3. The smallest absolute Gasteiger partial charge is 0.232 e. The van der Waals surface area contributed by atoms with Gasteiger partial charge in [-0.2, -0.15) is 0 Å². The van der Waals surface area contributed by atoms with E-state index in [-0.39, 0.29) is 5.75 Å². The number of allylic oxidation sites excluding steroid dienone is 5. The van der Waals surface area contributed by atoms with Gasteiger partial charge in [-0.1, -0.05) is 24.3 Å². The van der Waals surface area contributed by atoms with Gasteiger partial charge in [0.25, 0.3) is 0 Å². The van der Waals surface area contributed by atoms with Crippen molar-refractivity contribution in [2.75, 3.05) is 5.75 Å². The lowest BCUT2D eigenvalue weighted by Gasteiger charge is -2.04. The molecule has 4 heteroatoms. The van der Waals surface area contributed by atoms with Crippen molar-refractivity contribution < 1.29 is 8.42 Å². The van der Waals surface area contributed by atoms with Crippen LogP contribution in [0.5, 0.6) is 0 Å². The van der Waals surface area contributed by atoms with Gasteiger partial charge < -0.3 is 0 Å².